The fourth-order valence-corrected chi connectivity index (χ4v) is 5.99. The summed E-state index contributed by atoms with van der Waals surface area (Å²) >= 11 is 7.03. The predicted octanol–water partition coefficient (Wildman–Crippen LogP) is 5.66. The van der Waals surface area contributed by atoms with Crippen LogP contribution in [0.1, 0.15) is 43.0 Å². The summed E-state index contributed by atoms with van der Waals surface area (Å²) in [5.74, 6) is -0.755. The van der Waals surface area contributed by atoms with Crippen LogP contribution in [0.25, 0.3) is 16.5 Å². The molecule has 38 heavy (non-hydrogen) atoms. The van der Waals surface area contributed by atoms with Crippen LogP contribution >= 0.6 is 23.4 Å². The van der Waals surface area contributed by atoms with E-state index in [-0.39, 0.29) is 26.5 Å². The summed E-state index contributed by atoms with van der Waals surface area (Å²) in [6.45, 7) is 0. The first-order chi connectivity index (χ1) is 18.1. The van der Waals surface area contributed by atoms with E-state index < -0.39 is 28.2 Å². The highest BCUT2D eigenvalue weighted by molar-refractivity contribution is 7.99. The lowest BCUT2D eigenvalue weighted by atomic mass is 9.78. The van der Waals surface area contributed by atoms with Gasteiger partial charge in [-0.15, -0.1) is 10.2 Å². The van der Waals surface area contributed by atoms with Gasteiger partial charge in [0.15, 0.2) is 5.16 Å². The van der Waals surface area contributed by atoms with E-state index in [4.69, 9.17) is 16.7 Å². The van der Waals surface area contributed by atoms with Crippen molar-refractivity contribution in [3.8, 4) is 5.69 Å². The van der Waals surface area contributed by atoms with Crippen LogP contribution in [-0.2, 0) is 14.8 Å². The van der Waals surface area contributed by atoms with Crippen LogP contribution in [0.4, 0.5) is 14.5 Å². The molecule has 0 atom stereocenters. The van der Waals surface area contributed by atoms with E-state index in [1.54, 1.807) is 0 Å². The summed E-state index contributed by atoms with van der Waals surface area (Å²) in [6.07, 6.45) is 0.491. The van der Waals surface area contributed by atoms with Gasteiger partial charge in [0.2, 0.25) is 21.8 Å². The number of fused-ring (bicyclic) bond motifs is 1. The quantitative estimate of drug-likeness (QED) is 0.261. The van der Waals surface area contributed by atoms with Crippen molar-refractivity contribution < 1.29 is 22.0 Å². The normalized spacial score (nSPS) is 14.1. The molecular formula is C25H22ClF2N5O3S2. The molecule has 13 heteroatoms. The molecule has 4 aromatic rings. The van der Waals surface area contributed by atoms with Crippen molar-refractivity contribution in [3.63, 3.8) is 0 Å². The highest BCUT2D eigenvalue weighted by Gasteiger charge is 2.26. The molecule has 0 radical (unpaired) electrons. The molecule has 1 heterocycles. The standard InChI is InChI=1S/C25H22ClF2N5O3S2/c26-19-12-15(38(29,35)36)8-10-20(19)30-22(34)13-37-25-32-31-24(23(27)28)33(25)21-11-9-16(14-4-3-5-14)17-6-1-2-7-18(17)21/h1-2,6-12,14,23H,3-5,13H2,(H,30,34)(H2,29,35,36). The molecule has 198 valence electrons. The Balaban J connectivity index is 1.42. The minimum atomic E-state index is -3.95. The number of rotatable bonds is 8. The molecule has 1 saturated carbocycles. The van der Waals surface area contributed by atoms with E-state index in [0.29, 0.717) is 11.6 Å². The van der Waals surface area contributed by atoms with Crippen molar-refractivity contribution in [3.05, 3.63) is 71.0 Å². The van der Waals surface area contributed by atoms with Crippen molar-refractivity contribution >= 4 is 55.8 Å². The van der Waals surface area contributed by atoms with E-state index >= 15 is 0 Å². The third-order valence-corrected chi connectivity index (χ3v) is 8.60. The first-order valence-electron chi connectivity index (χ1n) is 11.6. The zero-order chi connectivity index (χ0) is 27.0. The average molecular weight is 578 g/mol. The lowest BCUT2D eigenvalue weighted by molar-refractivity contribution is -0.113. The number of carbonyl (C=O) groups is 1. The number of hydrogen-bond donors (Lipinski definition) is 2. The Morgan fingerprint density at radius 2 is 1.87 bits per heavy atom. The minimum absolute atomic E-state index is 0.0175. The number of aromatic nitrogens is 3. The van der Waals surface area contributed by atoms with Crippen LogP contribution in [0.5, 0.6) is 0 Å². The SMILES string of the molecule is NS(=O)(=O)c1ccc(NC(=O)CSc2nnc(C(F)F)n2-c2ccc(C3CCC3)c3ccccc23)c(Cl)c1. The second kappa shape index (κ2) is 10.6. The maximum atomic E-state index is 14.0. The lowest BCUT2D eigenvalue weighted by Crippen LogP contribution is -2.16. The van der Waals surface area contributed by atoms with Crippen LogP contribution in [-0.4, -0.2) is 34.8 Å². The molecule has 1 aliphatic carbocycles. The number of sulfonamides is 1. The fraction of sp³-hybridized carbons (Fsp3) is 0.240. The van der Waals surface area contributed by atoms with Gasteiger partial charge in [0.25, 0.3) is 6.43 Å². The van der Waals surface area contributed by atoms with Gasteiger partial charge in [-0.05, 0) is 54.0 Å². The number of halogens is 3. The Bertz CT molecular complexity index is 1640. The number of hydrogen-bond acceptors (Lipinski definition) is 6. The van der Waals surface area contributed by atoms with Crippen LogP contribution in [0, 0.1) is 0 Å². The molecule has 0 bridgehead atoms. The number of benzene rings is 3. The van der Waals surface area contributed by atoms with Gasteiger partial charge in [0.05, 0.1) is 27.0 Å². The third kappa shape index (κ3) is 5.26. The van der Waals surface area contributed by atoms with Crippen LogP contribution in [0.2, 0.25) is 5.02 Å². The third-order valence-electron chi connectivity index (χ3n) is 6.45. The van der Waals surface area contributed by atoms with Gasteiger partial charge in [-0.3, -0.25) is 9.36 Å². The van der Waals surface area contributed by atoms with E-state index in [2.05, 4.69) is 15.5 Å². The number of anilines is 1. The molecule has 1 amide bonds. The lowest BCUT2D eigenvalue weighted by Gasteiger charge is -2.27. The Morgan fingerprint density at radius 1 is 1.13 bits per heavy atom. The number of alkyl halides is 2. The summed E-state index contributed by atoms with van der Waals surface area (Å²) in [5, 5.41) is 17.2. The van der Waals surface area contributed by atoms with E-state index in [9.17, 15) is 22.0 Å². The average Bonchev–Trinajstić information content (AvgIpc) is 3.26. The molecule has 1 aromatic heterocycles. The summed E-state index contributed by atoms with van der Waals surface area (Å²) in [6, 6.07) is 15.1. The van der Waals surface area contributed by atoms with Crippen molar-refractivity contribution in [1.29, 1.82) is 0 Å². The maximum absolute atomic E-state index is 14.0. The summed E-state index contributed by atoms with van der Waals surface area (Å²) < 4.78 is 52.2. The number of thioether (sulfide) groups is 1. The first kappa shape index (κ1) is 26.5. The molecule has 1 fully saturated rings. The van der Waals surface area contributed by atoms with Gasteiger partial charge in [-0.25, -0.2) is 22.3 Å². The van der Waals surface area contributed by atoms with Gasteiger partial charge in [0.1, 0.15) is 0 Å². The maximum Gasteiger partial charge on any atom is 0.297 e. The first-order valence-corrected chi connectivity index (χ1v) is 14.5. The minimum Gasteiger partial charge on any atom is -0.324 e. The molecule has 3 N–H and O–H groups in total. The number of primary sulfonamides is 1. The molecular weight excluding hydrogens is 556 g/mol. The van der Waals surface area contributed by atoms with Gasteiger partial charge in [-0.2, -0.15) is 0 Å². The van der Waals surface area contributed by atoms with Gasteiger partial charge in [0, 0.05) is 5.39 Å². The van der Waals surface area contributed by atoms with Crippen LogP contribution in [0.3, 0.4) is 0 Å². The Kier molecular flexibility index (Phi) is 7.40. The Hall–Kier alpha value is -3.06. The van der Waals surface area contributed by atoms with E-state index in [1.165, 1.54) is 28.7 Å². The number of nitrogens with zero attached hydrogens (tertiary/aromatic N) is 3. The molecule has 8 nitrogen and oxygen atoms in total. The molecule has 3 aromatic carbocycles. The molecule has 0 spiro atoms. The van der Waals surface area contributed by atoms with Crippen LogP contribution in [0.15, 0.2) is 64.6 Å². The van der Waals surface area contributed by atoms with Crippen molar-refractivity contribution in [2.24, 2.45) is 5.14 Å². The molecule has 1 aliphatic rings. The summed E-state index contributed by atoms with van der Waals surface area (Å²) in [5.41, 5.74) is 1.88. The number of amides is 1. The van der Waals surface area contributed by atoms with Crippen molar-refractivity contribution in [1.82, 2.24) is 14.8 Å². The zero-order valence-corrected chi connectivity index (χ0v) is 22.2. The largest absolute Gasteiger partial charge is 0.324 e. The highest BCUT2D eigenvalue weighted by Crippen LogP contribution is 2.41. The van der Waals surface area contributed by atoms with E-state index in [1.807, 2.05) is 36.4 Å². The van der Waals surface area contributed by atoms with Crippen LogP contribution < -0.4 is 10.5 Å². The Morgan fingerprint density at radius 3 is 2.50 bits per heavy atom. The smallest absolute Gasteiger partial charge is 0.297 e. The van der Waals surface area contributed by atoms with Crippen molar-refractivity contribution in [2.45, 2.75) is 41.7 Å². The molecule has 0 aliphatic heterocycles. The van der Waals surface area contributed by atoms with Crippen molar-refractivity contribution in [2.75, 3.05) is 11.1 Å². The van der Waals surface area contributed by atoms with Gasteiger partial charge in [-0.1, -0.05) is 60.1 Å². The van der Waals surface area contributed by atoms with Gasteiger partial charge < -0.3 is 5.32 Å². The second-order valence-electron chi connectivity index (χ2n) is 8.85. The summed E-state index contributed by atoms with van der Waals surface area (Å²) in [4.78, 5) is 12.4. The van der Waals surface area contributed by atoms with Gasteiger partial charge >= 0.3 is 0 Å². The molecule has 5 rings (SSSR count). The topological polar surface area (TPSA) is 120 Å². The number of nitrogens with two attached hydrogens (primary N) is 1. The molecule has 0 unspecified atom stereocenters. The monoisotopic (exact) mass is 577 g/mol. The number of nitrogens with one attached hydrogen (secondary N) is 1. The fourth-order valence-electron chi connectivity index (χ4n) is 4.41. The highest BCUT2D eigenvalue weighted by atomic mass is 35.5. The van der Waals surface area contributed by atoms with E-state index in [0.717, 1.165) is 41.4 Å². The number of carbonyl (C=O) groups excluding carboxylic acids is 1. The second-order valence-corrected chi connectivity index (χ2v) is 11.8. The Labute approximate surface area is 226 Å². The molecule has 0 saturated heterocycles. The summed E-state index contributed by atoms with van der Waals surface area (Å²) in [7, 11) is -3.95. The zero-order valence-electron chi connectivity index (χ0n) is 19.8. The predicted molar refractivity (Wildman–Crippen MR) is 143 cm³/mol.